The van der Waals surface area contributed by atoms with Gasteiger partial charge in [-0.2, -0.15) is 10.1 Å². The van der Waals surface area contributed by atoms with Gasteiger partial charge >= 0.3 is 0 Å². The Hall–Kier alpha value is -2.83. The second-order valence-electron chi connectivity index (χ2n) is 3.77. The monoisotopic (exact) mass is 258 g/mol. The van der Waals surface area contributed by atoms with E-state index in [1.54, 1.807) is 18.2 Å². The van der Waals surface area contributed by atoms with E-state index in [1.807, 2.05) is 6.07 Å². The quantitative estimate of drug-likeness (QED) is 0.807. The largest absolute Gasteiger partial charge is 0.454 e. The molecule has 1 aromatic carbocycles. The van der Waals surface area contributed by atoms with Crippen molar-refractivity contribution in [3.63, 3.8) is 0 Å². The van der Waals surface area contributed by atoms with Crippen molar-refractivity contribution in [2.75, 3.05) is 12.1 Å². The highest BCUT2D eigenvalue weighted by atomic mass is 16.7. The molecule has 2 N–H and O–H groups in total. The van der Waals surface area contributed by atoms with E-state index in [0.29, 0.717) is 17.4 Å². The summed E-state index contributed by atoms with van der Waals surface area (Å²) in [4.78, 5) is 15.4. The number of nitrogens with one attached hydrogen (secondary N) is 2. The molecule has 2 heterocycles. The summed E-state index contributed by atoms with van der Waals surface area (Å²) in [6.45, 7) is 0.231. The molecule has 0 fully saturated rings. The number of fused-ring (bicyclic) bond motifs is 1. The maximum absolute atomic E-state index is 11.6. The Bertz CT molecular complexity index is 622. The van der Waals surface area contributed by atoms with Gasteiger partial charge in [-0.05, 0) is 23.8 Å². The predicted molar refractivity (Wildman–Crippen MR) is 66.6 cm³/mol. The molecular weight excluding hydrogens is 248 g/mol. The molecule has 2 aromatic rings. The summed E-state index contributed by atoms with van der Waals surface area (Å²) in [5, 5.41) is 8.70. The number of H-pyrrole nitrogens is 1. The van der Waals surface area contributed by atoms with E-state index in [-0.39, 0.29) is 12.7 Å². The van der Waals surface area contributed by atoms with E-state index in [9.17, 15) is 4.79 Å². The first-order valence-corrected chi connectivity index (χ1v) is 5.55. The Morgan fingerprint density at radius 1 is 1.37 bits per heavy atom. The standard InChI is InChI=1S/C12H10N4O3/c17-11(15-12-13-6-14-16-12)4-2-8-1-3-9-10(5-8)19-7-18-9/h1-6H,7H2,(H2,13,14,15,16,17). The van der Waals surface area contributed by atoms with Crippen LogP contribution in [0, 0.1) is 0 Å². The van der Waals surface area contributed by atoms with Gasteiger partial charge in [-0.1, -0.05) is 6.07 Å². The fourth-order valence-corrected chi connectivity index (χ4v) is 1.61. The molecule has 0 saturated carbocycles. The Morgan fingerprint density at radius 2 is 2.26 bits per heavy atom. The number of rotatable bonds is 3. The number of carbonyl (C=O) groups excluding carboxylic acids is 1. The zero-order chi connectivity index (χ0) is 13.1. The molecule has 1 aliphatic rings. The van der Waals surface area contributed by atoms with E-state index in [2.05, 4.69) is 20.5 Å². The second kappa shape index (κ2) is 4.81. The van der Waals surface area contributed by atoms with Crippen molar-refractivity contribution < 1.29 is 14.3 Å². The molecule has 7 nitrogen and oxygen atoms in total. The molecule has 0 atom stereocenters. The Balaban J connectivity index is 1.67. The van der Waals surface area contributed by atoms with Crippen molar-refractivity contribution in [3.05, 3.63) is 36.2 Å². The average molecular weight is 258 g/mol. The number of anilines is 1. The normalized spacial score (nSPS) is 12.8. The van der Waals surface area contributed by atoms with Crippen molar-refractivity contribution in [2.45, 2.75) is 0 Å². The lowest BCUT2D eigenvalue weighted by Crippen LogP contribution is -2.08. The summed E-state index contributed by atoms with van der Waals surface area (Å²) < 4.78 is 10.5. The molecule has 1 aromatic heterocycles. The number of hydrogen-bond donors (Lipinski definition) is 2. The minimum Gasteiger partial charge on any atom is -0.454 e. The van der Waals surface area contributed by atoms with Gasteiger partial charge in [-0.3, -0.25) is 10.1 Å². The lowest BCUT2D eigenvalue weighted by atomic mass is 10.2. The van der Waals surface area contributed by atoms with E-state index >= 15 is 0 Å². The van der Waals surface area contributed by atoms with E-state index in [0.717, 1.165) is 5.56 Å². The maximum Gasteiger partial charge on any atom is 0.250 e. The number of nitrogens with zero attached hydrogens (tertiary/aromatic N) is 2. The first kappa shape index (κ1) is 11.3. The highest BCUT2D eigenvalue weighted by Crippen LogP contribution is 2.32. The van der Waals surface area contributed by atoms with E-state index in [4.69, 9.17) is 9.47 Å². The van der Waals surface area contributed by atoms with Crippen LogP contribution in [0.1, 0.15) is 5.56 Å². The highest BCUT2D eigenvalue weighted by Gasteiger charge is 2.12. The van der Waals surface area contributed by atoms with Crippen molar-refractivity contribution in [2.24, 2.45) is 0 Å². The molecule has 0 radical (unpaired) electrons. The second-order valence-corrected chi connectivity index (χ2v) is 3.77. The summed E-state index contributed by atoms with van der Waals surface area (Å²) in [6, 6.07) is 5.45. The molecule has 1 aliphatic heterocycles. The van der Waals surface area contributed by atoms with Gasteiger partial charge in [-0.15, -0.1) is 0 Å². The van der Waals surface area contributed by atoms with Gasteiger partial charge in [0.2, 0.25) is 12.7 Å². The fourth-order valence-electron chi connectivity index (χ4n) is 1.61. The minimum absolute atomic E-state index is 0.231. The van der Waals surface area contributed by atoms with Gasteiger partial charge in [0.05, 0.1) is 0 Å². The van der Waals surface area contributed by atoms with Gasteiger partial charge in [0.15, 0.2) is 11.5 Å². The molecule has 0 spiro atoms. The number of amides is 1. The van der Waals surface area contributed by atoms with Crippen LogP contribution in [0.4, 0.5) is 5.95 Å². The summed E-state index contributed by atoms with van der Waals surface area (Å²) in [5.74, 6) is 1.40. The van der Waals surface area contributed by atoms with Gasteiger partial charge < -0.3 is 9.47 Å². The topological polar surface area (TPSA) is 89.1 Å². The maximum atomic E-state index is 11.6. The van der Waals surface area contributed by atoms with Crippen LogP contribution >= 0.6 is 0 Å². The number of benzene rings is 1. The third kappa shape index (κ3) is 2.54. The number of hydrogen-bond acceptors (Lipinski definition) is 5. The van der Waals surface area contributed by atoms with Crippen LogP contribution in [0.2, 0.25) is 0 Å². The van der Waals surface area contributed by atoms with E-state index in [1.165, 1.54) is 12.4 Å². The summed E-state index contributed by atoms with van der Waals surface area (Å²) in [5.41, 5.74) is 0.844. The number of ether oxygens (including phenoxy) is 2. The lowest BCUT2D eigenvalue weighted by Gasteiger charge is -1.98. The smallest absolute Gasteiger partial charge is 0.250 e. The summed E-state index contributed by atoms with van der Waals surface area (Å²) in [7, 11) is 0. The van der Waals surface area contributed by atoms with Gasteiger partial charge in [0, 0.05) is 6.08 Å². The predicted octanol–water partition coefficient (Wildman–Crippen LogP) is 1.19. The van der Waals surface area contributed by atoms with Crippen molar-refractivity contribution in [3.8, 4) is 11.5 Å². The third-order valence-corrected chi connectivity index (χ3v) is 2.48. The van der Waals surface area contributed by atoms with Crippen LogP contribution in [0.3, 0.4) is 0 Å². The first-order chi connectivity index (χ1) is 9.31. The molecule has 19 heavy (non-hydrogen) atoms. The molecule has 0 saturated heterocycles. The Morgan fingerprint density at radius 3 is 3.11 bits per heavy atom. The Kier molecular flexibility index (Phi) is 2.85. The Labute approximate surface area is 108 Å². The average Bonchev–Trinajstić information content (AvgIpc) is 3.06. The highest BCUT2D eigenvalue weighted by molar-refractivity contribution is 6.00. The molecule has 0 aliphatic carbocycles. The molecule has 0 unspecified atom stereocenters. The van der Waals surface area contributed by atoms with Gasteiger partial charge in [-0.25, -0.2) is 5.10 Å². The van der Waals surface area contributed by atoms with Crippen LogP contribution in [0.5, 0.6) is 11.5 Å². The van der Waals surface area contributed by atoms with Gasteiger partial charge in [0.1, 0.15) is 6.33 Å². The van der Waals surface area contributed by atoms with Crippen LogP contribution in [0.15, 0.2) is 30.6 Å². The molecule has 96 valence electrons. The van der Waals surface area contributed by atoms with Crippen molar-refractivity contribution in [1.29, 1.82) is 0 Å². The van der Waals surface area contributed by atoms with Crippen molar-refractivity contribution in [1.82, 2.24) is 15.2 Å². The SMILES string of the molecule is O=C(C=Cc1ccc2c(c1)OCO2)Nc1ncn[nH]1. The van der Waals surface area contributed by atoms with Crippen LogP contribution < -0.4 is 14.8 Å². The first-order valence-electron chi connectivity index (χ1n) is 5.55. The number of aromatic amines is 1. The third-order valence-electron chi connectivity index (χ3n) is 2.48. The summed E-state index contributed by atoms with van der Waals surface area (Å²) in [6.07, 6.45) is 4.39. The number of aromatic nitrogens is 3. The van der Waals surface area contributed by atoms with Gasteiger partial charge in [0.25, 0.3) is 5.91 Å². The zero-order valence-electron chi connectivity index (χ0n) is 9.79. The molecule has 3 rings (SSSR count). The summed E-state index contributed by atoms with van der Waals surface area (Å²) >= 11 is 0. The lowest BCUT2D eigenvalue weighted by molar-refractivity contribution is -0.111. The fraction of sp³-hybridized carbons (Fsp3) is 0.0833. The van der Waals surface area contributed by atoms with Crippen LogP contribution in [-0.4, -0.2) is 27.9 Å². The molecule has 1 amide bonds. The molecular formula is C12H10N4O3. The van der Waals surface area contributed by atoms with Crippen molar-refractivity contribution >= 4 is 17.9 Å². The molecule has 7 heteroatoms. The minimum atomic E-state index is -0.297. The molecule has 0 bridgehead atoms. The van der Waals surface area contributed by atoms with Crippen LogP contribution in [-0.2, 0) is 4.79 Å². The zero-order valence-corrected chi connectivity index (χ0v) is 9.79. The number of carbonyl (C=O) groups is 1. The van der Waals surface area contributed by atoms with E-state index < -0.39 is 0 Å². The van der Waals surface area contributed by atoms with Crippen LogP contribution in [0.25, 0.3) is 6.08 Å².